The summed E-state index contributed by atoms with van der Waals surface area (Å²) in [6.45, 7) is 5.18. The van der Waals surface area contributed by atoms with E-state index in [1.54, 1.807) is 31.2 Å². The van der Waals surface area contributed by atoms with E-state index in [2.05, 4.69) is 20.8 Å². The SMILES string of the molecule is CC(=O)Nc1ccc(NC(=O)[C@H](C)Sc2nnc(-c3ccccc3C)o2)cc1. The number of nitrogens with zero attached hydrogens (tertiary/aromatic N) is 2. The molecule has 0 bridgehead atoms. The third-order valence-corrected chi connectivity index (χ3v) is 4.84. The van der Waals surface area contributed by atoms with Gasteiger partial charge in [0.1, 0.15) is 0 Å². The molecule has 2 aromatic carbocycles. The molecule has 0 aliphatic heterocycles. The number of nitrogens with one attached hydrogen (secondary N) is 2. The molecular weight excluding hydrogens is 376 g/mol. The van der Waals surface area contributed by atoms with Gasteiger partial charge in [-0.25, -0.2) is 0 Å². The molecule has 28 heavy (non-hydrogen) atoms. The maximum absolute atomic E-state index is 12.4. The molecule has 0 unspecified atom stereocenters. The van der Waals surface area contributed by atoms with Gasteiger partial charge in [-0.15, -0.1) is 10.2 Å². The normalized spacial score (nSPS) is 11.7. The predicted molar refractivity (Wildman–Crippen MR) is 109 cm³/mol. The Morgan fingerprint density at radius 1 is 1.00 bits per heavy atom. The summed E-state index contributed by atoms with van der Waals surface area (Å²) in [5, 5.41) is 13.5. The third kappa shape index (κ3) is 4.98. The Morgan fingerprint density at radius 2 is 1.64 bits per heavy atom. The molecule has 3 aromatic rings. The first-order chi connectivity index (χ1) is 13.4. The van der Waals surface area contributed by atoms with E-state index in [0.717, 1.165) is 11.1 Å². The number of rotatable bonds is 6. The number of aryl methyl sites for hydroxylation is 1. The zero-order chi connectivity index (χ0) is 20.1. The van der Waals surface area contributed by atoms with Gasteiger partial charge in [0.2, 0.25) is 17.7 Å². The van der Waals surface area contributed by atoms with Crippen LogP contribution in [-0.4, -0.2) is 27.3 Å². The summed E-state index contributed by atoms with van der Waals surface area (Å²) in [6.07, 6.45) is 0. The molecule has 1 atom stereocenters. The van der Waals surface area contributed by atoms with Crippen LogP contribution in [0.15, 0.2) is 58.2 Å². The molecule has 144 valence electrons. The molecule has 0 aliphatic rings. The number of aromatic nitrogens is 2. The predicted octanol–water partition coefficient (Wildman–Crippen LogP) is 4.12. The fourth-order valence-electron chi connectivity index (χ4n) is 2.47. The van der Waals surface area contributed by atoms with Crippen LogP contribution in [0.4, 0.5) is 11.4 Å². The number of hydrogen-bond donors (Lipinski definition) is 2. The number of anilines is 2. The van der Waals surface area contributed by atoms with Gasteiger partial charge in [0, 0.05) is 23.9 Å². The van der Waals surface area contributed by atoms with E-state index in [1.165, 1.54) is 18.7 Å². The van der Waals surface area contributed by atoms with Crippen molar-refractivity contribution in [3.63, 3.8) is 0 Å². The average Bonchev–Trinajstić information content (AvgIpc) is 3.11. The van der Waals surface area contributed by atoms with Crippen LogP contribution in [0.2, 0.25) is 0 Å². The maximum atomic E-state index is 12.4. The van der Waals surface area contributed by atoms with Crippen molar-refractivity contribution in [2.75, 3.05) is 10.6 Å². The summed E-state index contributed by atoms with van der Waals surface area (Å²) in [5.74, 6) is 0.0983. The zero-order valence-corrected chi connectivity index (χ0v) is 16.5. The standard InChI is InChI=1S/C20H20N4O3S/c1-12-6-4-5-7-17(12)19-23-24-20(27-19)28-13(2)18(26)22-16-10-8-15(9-11-16)21-14(3)25/h4-11,13H,1-3H3,(H,21,25)(H,22,26)/t13-/m0/s1. The second-order valence-corrected chi connectivity index (χ2v) is 7.49. The van der Waals surface area contributed by atoms with E-state index in [4.69, 9.17) is 4.42 Å². The van der Waals surface area contributed by atoms with Crippen LogP contribution in [0.1, 0.15) is 19.4 Å². The average molecular weight is 396 g/mol. The Balaban J connectivity index is 1.60. The van der Waals surface area contributed by atoms with Crippen LogP contribution >= 0.6 is 11.8 Å². The lowest BCUT2D eigenvalue weighted by atomic mass is 10.1. The van der Waals surface area contributed by atoms with Crippen molar-refractivity contribution in [2.24, 2.45) is 0 Å². The molecule has 1 aromatic heterocycles. The fourth-order valence-corrected chi connectivity index (χ4v) is 3.15. The summed E-state index contributed by atoms with van der Waals surface area (Å²) in [5.41, 5.74) is 3.22. The number of thioether (sulfide) groups is 1. The third-order valence-electron chi connectivity index (χ3n) is 3.90. The molecule has 0 saturated carbocycles. The van der Waals surface area contributed by atoms with Gasteiger partial charge in [-0.3, -0.25) is 9.59 Å². The molecule has 0 saturated heterocycles. The van der Waals surface area contributed by atoms with Crippen LogP contribution in [0, 0.1) is 6.92 Å². The first kappa shape index (κ1) is 19.6. The molecule has 0 fully saturated rings. The number of carbonyl (C=O) groups is 2. The first-order valence-electron chi connectivity index (χ1n) is 8.67. The van der Waals surface area contributed by atoms with Gasteiger partial charge in [-0.1, -0.05) is 30.0 Å². The first-order valence-corrected chi connectivity index (χ1v) is 9.55. The van der Waals surface area contributed by atoms with Crippen molar-refractivity contribution >= 4 is 35.0 Å². The Bertz CT molecular complexity index is 985. The van der Waals surface area contributed by atoms with Crippen molar-refractivity contribution in [3.8, 4) is 11.5 Å². The number of benzene rings is 2. The molecule has 2 N–H and O–H groups in total. The van der Waals surface area contributed by atoms with Gasteiger partial charge in [-0.2, -0.15) is 0 Å². The highest BCUT2D eigenvalue weighted by Crippen LogP contribution is 2.28. The minimum Gasteiger partial charge on any atom is -0.411 e. The van der Waals surface area contributed by atoms with E-state index < -0.39 is 5.25 Å². The number of hydrogen-bond acceptors (Lipinski definition) is 6. The van der Waals surface area contributed by atoms with Crippen molar-refractivity contribution in [2.45, 2.75) is 31.2 Å². The second kappa shape index (κ2) is 8.71. The molecule has 1 heterocycles. The lowest BCUT2D eigenvalue weighted by Crippen LogP contribution is -2.22. The molecule has 0 spiro atoms. The van der Waals surface area contributed by atoms with Gasteiger partial charge < -0.3 is 15.1 Å². The van der Waals surface area contributed by atoms with Crippen LogP contribution in [-0.2, 0) is 9.59 Å². The topological polar surface area (TPSA) is 97.1 Å². The van der Waals surface area contributed by atoms with E-state index in [0.29, 0.717) is 22.5 Å². The zero-order valence-electron chi connectivity index (χ0n) is 15.7. The number of carbonyl (C=O) groups excluding carboxylic acids is 2. The minimum absolute atomic E-state index is 0.147. The van der Waals surface area contributed by atoms with Gasteiger partial charge >= 0.3 is 0 Å². The van der Waals surface area contributed by atoms with E-state index in [1.807, 2.05) is 31.2 Å². The van der Waals surface area contributed by atoms with Gasteiger partial charge in [0.15, 0.2) is 0 Å². The number of amides is 2. The summed E-state index contributed by atoms with van der Waals surface area (Å²) < 4.78 is 5.69. The van der Waals surface area contributed by atoms with Gasteiger partial charge in [-0.05, 0) is 49.7 Å². The van der Waals surface area contributed by atoms with Crippen molar-refractivity contribution < 1.29 is 14.0 Å². The van der Waals surface area contributed by atoms with Crippen molar-refractivity contribution in [1.29, 1.82) is 0 Å². The Kier molecular flexibility index (Phi) is 6.10. The summed E-state index contributed by atoms with van der Waals surface area (Å²) in [7, 11) is 0. The Morgan fingerprint density at radius 3 is 2.29 bits per heavy atom. The lowest BCUT2D eigenvalue weighted by Gasteiger charge is -2.10. The lowest BCUT2D eigenvalue weighted by molar-refractivity contribution is -0.115. The molecular formula is C20H20N4O3S. The quantitative estimate of drug-likeness (QED) is 0.608. The highest BCUT2D eigenvalue weighted by atomic mass is 32.2. The van der Waals surface area contributed by atoms with Gasteiger partial charge in [0.05, 0.1) is 5.25 Å². The molecule has 7 nitrogen and oxygen atoms in total. The largest absolute Gasteiger partial charge is 0.411 e. The molecule has 8 heteroatoms. The van der Waals surface area contributed by atoms with Crippen LogP contribution < -0.4 is 10.6 Å². The van der Waals surface area contributed by atoms with Crippen LogP contribution in [0.5, 0.6) is 0 Å². The van der Waals surface area contributed by atoms with Gasteiger partial charge in [0.25, 0.3) is 5.22 Å². The summed E-state index contributed by atoms with van der Waals surface area (Å²) in [6, 6.07) is 14.6. The monoisotopic (exact) mass is 396 g/mol. The van der Waals surface area contributed by atoms with E-state index in [-0.39, 0.29) is 11.8 Å². The molecule has 0 radical (unpaired) electrons. The van der Waals surface area contributed by atoms with E-state index in [9.17, 15) is 9.59 Å². The Labute approximate surface area is 166 Å². The van der Waals surface area contributed by atoms with Crippen LogP contribution in [0.25, 0.3) is 11.5 Å². The van der Waals surface area contributed by atoms with Crippen molar-refractivity contribution in [1.82, 2.24) is 10.2 Å². The fraction of sp³-hybridized carbons (Fsp3) is 0.200. The molecule has 0 aliphatic carbocycles. The maximum Gasteiger partial charge on any atom is 0.277 e. The van der Waals surface area contributed by atoms with Crippen LogP contribution in [0.3, 0.4) is 0 Å². The summed E-state index contributed by atoms with van der Waals surface area (Å²) in [4.78, 5) is 23.5. The van der Waals surface area contributed by atoms with E-state index >= 15 is 0 Å². The van der Waals surface area contributed by atoms with Crippen molar-refractivity contribution in [3.05, 3.63) is 54.1 Å². The molecule has 2 amide bonds. The molecule has 3 rings (SSSR count). The second-order valence-electron chi connectivity index (χ2n) is 6.20. The highest BCUT2D eigenvalue weighted by molar-refractivity contribution is 8.00. The minimum atomic E-state index is -0.430. The smallest absolute Gasteiger partial charge is 0.277 e. The summed E-state index contributed by atoms with van der Waals surface area (Å²) >= 11 is 1.19. The Hall–Kier alpha value is -3.13. The highest BCUT2D eigenvalue weighted by Gasteiger charge is 2.19.